The van der Waals surface area contributed by atoms with Crippen LogP contribution in [0.2, 0.25) is 0 Å². The molecule has 1 heterocycles. The molecule has 1 aliphatic rings. The average Bonchev–Trinajstić information content (AvgIpc) is 3.01. The monoisotopic (exact) mass is 610 g/mol. The highest BCUT2D eigenvalue weighted by Crippen LogP contribution is 2.34. The fourth-order valence-electron chi connectivity index (χ4n) is 4.86. The number of aliphatic carboxylic acids is 1. The van der Waals surface area contributed by atoms with Crippen molar-refractivity contribution in [3.05, 3.63) is 84.4 Å². The number of ether oxygens (including phenoxy) is 2. The van der Waals surface area contributed by atoms with Crippen molar-refractivity contribution in [3.63, 3.8) is 0 Å². The van der Waals surface area contributed by atoms with Crippen LogP contribution in [0.4, 0.5) is 0 Å². The number of amides is 2. The van der Waals surface area contributed by atoms with Crippen LogP contribution in [-0.4, -0.2) is 97.8 Å². The van der Waals surface area contributed by atoms with E-state index in [-0.39, 0.29) is 17.9 Å². The molecule has 0 aromatic heterocycles. The zero-order valence-electron chi connectivity index (χ0n) is 23.4. The third-order valence-corrected chi connectivity index (χ3v) is 7.15. The normalized spacial score (nSPS) is 22.8. The van der Waals surface area contributed by atoms with Crippen LogP contribution in [0.5, 0.6) is 11.5 Å². The molecule has 1 fully saturated rings. The number of aliphatic hydroxyl groups is 4. The lowest BCUT2D eigenvalue weighted by molar-refractivity contribution is -0.283. The molecule has 3 aromatic carbocycles. The zero-order valence-corrected chi connectivity index (χ0v) is 23.4. The Morgan fingerprint density at radius 1 is 0.932 bits per heavy atom. The molecule has 0 aliphatic carbocycles. The first-order valence-corrected chi connectivity index (χ1v) is 13.8. The average molecular weight is 611 g/mol. The highest BCUT2D eigenvalue weighted by Gasteiger charge is 2.56. The SMILES string of the molecule is O=C(Cc1ccc(-c2ccc(O)cc2)cc1)NC[C@@H](O)[C@@H](O)[C@@H]1O[C@@](Oc2ccccc2)(C(=O)O)C[C@H](O)[C@@H]1NC(=O)CO. The van der Waals surface area contributed by atoms with E-state index in [4.69, 9.17) is 9.47 Å². The topological polar surface area (TPSA) is 215 Å². The van der Waals surface area contributed by atoms with Crippen molar-refractivity contribution >= 4 is 17.8 Å². The van der Waals surface area contributed by atoms with Crippen molar-refractivity contribution in [1.82, 2.24) is 10.6 Å². The largest absolute Gasteiger partial charge is 0.508 e. The van der Waals surface area contributed by atoms with E-state index in [1.165, 1.54) is 12.1 Å². The van der Waals surface area contributed by atoms with Crippen LogP contribution >= 0.6 is 0 Å². The maximum Gasteiger partial charge on any atom is 0.377 e. The Balaban J connectivity index is 1.43. The van der Waals surface area contributed by atoms with Crippen LogP contribution in [-0.2, 0) is 25.5 Å². The molecular weight excluding hydrogens is 576 g/mol. The minimum absolute atomic E-state index is 0.0560. The molecular formula is C31H34N2O11. The van der Waals surface area contributed by atoms with Crippen LogP contribution in [0.25, 0.3) is 11.1 Å². The molecule has 0 unspecified atom stereocenters. The summed E-state index contributed by atoms with van der Waals surface area (Å²) in [7, 11) is 0. The number of phenols is 1. The van der Waals surface area contributed by atoms with Gasteiger partial charge < -0.3 is 50.7 Å². The molecule has 3 aromatic rings. The molecule has 2 amide bonds. The summed E-state index contributed by atoms with van der Waals surface area (Å²) < 4.78 is 11.3. The van der Waals surface area contributed by atoms with E-state index in [1.54, 1.807) is 54.6 Å². The smallest absolute Gasteiger partial charge is 0.377 e. The predicted octanol–water partition coefficient (Wildman–Crippen LogP) is -0.0735. The molecule has 0 radical (unpaired) electrons. The summed E-state index contributed by atoms with van der Waals surface area (Å²) >= 11 is 0. The Morgan fingerprint density at radius 2 is 1.55 bits per heavy atom. The lowest BCUT2D eigenvalue weighted by atomic mass is 9.88. The standard InChI is InChI=1S/C31H34N2O11/c34-17-26(39)33-27-23(36)15-31(30(41)42,43-22-4-2-1-3-5-22)44-29(27)28(40)24(37)16-32-25(38)14-18-6-8-19(9-7-18)20-10-12-21(35)13-11-20/h1-13,23-24,27-29,34-37,40H,14-17H2,(H,32,38)(H,33,39)(H,41,42)/t23-,24+,27-,28+,29+,31+/m0/s1. The number of phenolic OH excluding ortho intramolecular Hbond substituents is 1. The summed E-state index contributed by atoms with van der Waals surface area (Å²) in [6, 6.07) is 20.1. The van der Waals surface area contributed by atoms with Gasteiger partial charge in [0.15, 0.2) is 0 Å². The Bertz CT molecular complexity index is 1420. The van der Waals surface area contributed by atoms with Gasteiger partial charge in [0.2, 0.25) is 11.8 Å². The highest BCUT2D eigenvalue weighted by molar-refractivity contribution is 5.79. The minimum Gasteiger partial charge on any atom is -0.508 e. The molecule has 44 heavy (non-hydrogen) atoms. The first kappa shape index (κ1) is 32.4. The first-order valence-electron chi connectivity index (χ1n) is 13.8. The van der Waals surface area contributed by atoms with E-state index in [2.05, 4.69) is 10.6 Å². The van der Waals surface area contributed by atoms with Gasteiger partial charge in [-0.3, -0.25) is 9.59 Å². The van der Waals surface area contributed by atoms with E-state index >= 15 is 0 Å². The fraction of sp³-hybridized carbons (Fsp3) is 0.323. The van der Waals surface area contributed by atoms with Crippen LogP contribution in [0, 0.1) is 0 Å². The highest BCUT2D eigenvalue weighted by atomic mass is 16.7. The van der Waals surface area contributed by atoms with Gasteiger partial charge in [-0.1, -0.05) is 54.6 Å². The molecule has 4 rings (SSSR count). The molecule has 13 heteroatoms. The van der Waals surface area contributed by atoms with Crippen molar-refractivity contribution in [2.45, 2.75) is 49.1 Å². The van der Waals surface area contributed by atoms with Gasteiger partial charge in [-0.05, 0) is 41.0 Å². The number of aromatic hydroxyl groups is 1. The number of carboxylic acid groups (broad SMARTS) is 1. The van der Waals surface area contributed by atoms with Crippen LogP contribution < -0.4 is 15.4 Å². The predicted molar refractivity (Wildman–Crippen MR) is 154 cm³/mol. The number of para-hydroxylation sites is 1. The molecule has 234 valence electrons. The number of hydrogen-bond acceptors (Lipinski definition) is 10. The Labute approximate surface area is 252 Å². The number of carboxylic acids is 1. The quantitative estimate of drug-likeness (QED) is 0.136. The third-order valence-electron chi connectivity index (χ3n) is 7.15. The van der Waals surface area contributed by atoms with Gasteiger partial charge in [-0.2, -0.15) is 0 Å². The summed E-state index contributed by atoms with van der Waals surface area (Å²) in [4.78, 5) is 36.9. The van der Waals surface area contributed by atoms with Crippen molar-refractivity contribution in [2.24, 2.45) is 0 Å². The second-order valence-electron chi connectivity index (χ2n) is 10.4. The lowest BCUT2D eigenvalue weighted by Crippen LogP contribution is -2.69. The van der Waals surface area contributed by atoms with Gasteiger partial charge in [0.25, 0.3) is 0 Å². The van der Waals surface area contributed by atoms with Gasteiger partial charge in [0, 0.05) is 6.54 Å². The summed E-state index contributed by atoms with van der Waals surface area (Å²) in [6.07, 6.45) is -7.78. The molecule has 1 aliphatic heterocycles. The molecule has 0 saturated carbocycles. The number of hydrogen-bond donors (Lipinski definition) is 8. The van der Waals surface area contributed by atoms with Gasteiger partial charge in [-0.25, -0.2) is 4.79 Å². The van der Waals surface area contributed by atoms with Gasteiger partial charge >= 0.3 is 11.8 Å². The first-order chi connectivity index (χ1) is 21.0. The summed E-state index contributed by atoms with van der Waals surface area (Å²) in [5.74, 6) is -5.35. The fourth-order valence-corrected chi connectivity index (χ4v) is 4.86. The maximum absolute atomic E-state index is 12.6. The molecule has 8 N–H and O–H groups in total. The van der Waals surface area contributed by atoms with E-state index in [9.17, 15) is 45.0 Å². The van der Waals surface area contributed by atoms with E-state index in [0.29, 0.717) is 5.56 Å². The summed E-state index contributed by atoms with van der Waals surface area (Å²) in [5.41, 5.74) is 2.41. The Hall–Kier alpha value is -4.53. The van der Waals surface area contributed by atoms with Crippen LogP contribution in [0.15, 0.2) is 78.9 Å². The molecule has 0 spiro atoms. The van der Waals surface area contributed by atoms with Crippen molar-refractivity contribution in [1.29, 1.82) is 0 Å². The van der Waals surface area contributed by atoms with E-state index in [0.717, 1.165) is 11.1 Å². The second kappa shape index (κ2) is 14.3. The number of nitrogens with one attached hydrogen (secondary N) is 2. The maximum atomic E-state index is 12.6. The number of aliphatic hydroxyl groups excluding tert-OH is 4. The number of carbonyl (C=O) groups is 3. The minimum atomic E-state index is -2.51. The Morgan fingerprint density at radius 3 is 2.14 bits per heavy atom. The van der Waals surface area contributed by atoms with Crippen molar-refractivity contribution in [2.75, 3.05) is 13.2 Å². The van der Waals surface area contributed by atoms with Crippen molar-refractivity contribution < 1.29 is 54.5 Å². The second-order valence-corrected chi connectivity index (χ2v) is 10.4. The summed E-state index contributed by atoms with van der Waals surface area (Å²) in [5, 5.41) is 66.1. The van der Waals surface area contributed by atoms with Crippen molar-refractivity contribution in [3.8, 4) is 22.6 Å². The summed E-state index contributed by atoms with van der Waals surface area (Å²) in [6.45, 7) is -1.45. The van der Waals surface area contributed by atoms with Crippen LogP contribution in [0.3, 0.4) is 0 Å². The van der Waals surface area contributed by atoms with Crippen LogP contribution in [0.1, 0.15) is 12.0 Å². The van der Waals surface area contributed by atoms with Gasteiger partial charge in [-0.15, -0.1) is 0 Å². The molecule has 0 bridgehead atoms. The van der Waals surface area contributed by atoms with E-state index < -0.39 is 73.6 Å². The number of carbonyl (C=O) groups excluding carboxylic acids is 2. The zero-order chi connectivity index (χ0) is 31.9. The molecule has 13 nitrogen and oxygen atoms in total. The number of benzene rings is 3. The molecule has 1 saturated heterocycles. The lowest BCUT2D eigenvalue weighted by Gasteiger charge is -2.46. The number of rotatable bonds is 12. The third kappa shape index (κ3) is 7.89. The Kier molecular flexibility index (Phi) is 10.5. The van der Waals surface area contributed by atoms with Gasteiger partial charge in [0.1, 0.15) is 30.3 Å². The van der Waals surface area contributed by atoms with Gasteiger partial charge in [0.05, 0.1) is 31.1 Å². The van der Waals surface area contributed by atoms with E-state index in [1.807, 2.05) is 12.1 Å². The molecule has 6 atom stereocenters.